The third kappa shape index (κ3) is 3.07. The van der Waals surface area contributed by atoms with Crippen molar-refractivity contribution in [3.63, 3.8) is 0 Å². The number of hydrogen-bond donors (Lipinski definition) is 2. The highest BCUT2D eigenvalue weighted by Crippen LogP contribution is 2.33. The van der Waals surface area contributed by atoms with Gasteiger partial charge in [0.05, 0.1) is 4.47 Å². The Kier molecular flexibility index (Phi) is 4.23. The second-order valence-corrected chi connectivity index (χ2v) is 5.21. The summed E-state index contributed by atoms with van der Waals surface area (Å²) in [5.74, 6) is -0.403. The highest BCUT2D eigenvalue weighted by Gasteiger charge is 2.14. The van der Waals surface area contributed by atoms with Crippen LogP contribution in [0.4, 0.5) is 30.2 Å². The van der Waals surface area contributed by atoms with Crippen LogP contribution in [0.1, 0.15) is 17.6 Å². The van der Waals surface area contributed by atoms with Crippen LogP contribution in [-0.4, -0.2) is 0 Å². The zero-order chi connectivity index (χ0) is 14.9. The van der Waals surface area contributed by atoms with Crippen LogP contribution in [0.15, 0.2) is 34.8 Å². The summed E-state index contributed by atoms with van der Waals surface area (Å²) in [6.07, 6.45) is -2.65. The van der Waals surface area contributed by atoms with Crippen LogP contribution >= 0.6 is 15.9 Å². The molecule has 0 atom stereocenters. The third-order valence-corrected chi connectivity index (χ3v) is 3.46. The Labute approximate surface area is 122 Å². The molecule has 0 heterocycles. The second kappa shape index (κ2) is 5.75. The first kappa shape index (κ1) is 14.7. The van der Waals surface area contributed by atoms with E-state index in [0.29, 0.717) is 11.3 Å². The number of nitrogens with two attached hydrogens (primary N) is 1. The first-order chi connectivity index (χ1) is 9.38. The Balaban J connectivity index is 2.42. The van der Waals surface area contributed by atoms with E-state index in [4.69, 9.17) is 5.73 Å². The molecule has 0 aliphatic carbocycles. The maximum atomic E-state index is 13.3. The lowest BCUT2D eigenvalue weighted by Gasteiger charge is -2.15. The molecule has 2 aromatic rings. The number of nitrogen functional groups attached to an aromatic ring is 1. The van der Waals surface area contributed by atoms with Gasteiger partial charge in [-0.25, -0.2) is 13.2 Å². The van der Waals surface area contributed by atoms with E-state index in [-0.39, 0.29) is 21.4 Å². The summed E-state index contributed by atoms with van der Waals surface area (Å²) in [7, 11) is 0. The van der Waals surface area contributed by atoms with Crippen molar-refractivity contribution < 1.29 is 13.2 Å². The van der Waals surface area contributed by atoms with Gasteiger partial charge in [-0.05, 0) is 58.7 Å². The topological polar surface area (TPSA) is 38.0 Å². The fourth-order valence-electron chi connectivity index (χ4n) is 1.80. The van der Waals surface area contributed by atoms with E-state index in [1.54, 1.807) is 6.92 Å². The van der Waals surface area contributed by atoms with Crippen LogP contribution in [0, 0.1) is 12.7 Å². The summed E-state index contributed by atoms with van der Waals surface area (Å²) in [6.45, 7) is 1.69. The molecule has 0 aliphatic heterocycles. The van der Waals surface area contributed by atoms with E-state index < -0.39 is 12.2 Å². The molecule has 0 aromatic heterocycles. The van der Waals surface area contributed by atoms with E-state index in [9.17, 15) is 13.2 Å². The Hall–Kier alpha value is -1.69. The van der Waals surface area contributed by atoms with Crippen molar-refractivity contribution in [3.05, 3.63) is 51.7 Å². The van der Waals surface area contributed by atoms with Gasteiger partial charge in [-0.1, -0.05) is 0 Å². The number of alkyl halides is 2. The fraction of sp³-hybridized carbons (Fsp3) is 0.143. The molecule has 0 spiro atoms. The van der Waals surface area contributed by atoms with Crippen molar-refractivity contribution in [2.24, 2.45) is 0 Å². The molecule has 20 heavy (non-hydrogen) atoms. The minimum atomic E-state index is -2.65. The molecule has 6 heteroatoms. The SMILES string of the molecule is Cc1cc(F)c(Br)cc1Nc1ccc(N)cc1C(F)F. The zero-order valence-corrected chi connectivity index (χ0v) is 12.1. The van der Waals surface area contributed by atoms with Crippen LogP contribution in [0.3, 0.4) is 0 Å². The molecule has 0 saturated heterocycles. The van der Waals surface area contributed by atoms with Crippen molar-refractivity contribution >= 4 is 33.0 Å². The van der Waals surface area contributed by atoms with E-state index in [1.807, 2.05) is 0 Å². The van der Waals surface area contributed by atoms with Crippen LogP contribution in [0.25, 0.3) is 0 Å². The molecule has 0 saturated carbocycles. The first-order valence-corrected chi connectivity index (χ1v) is 6.58. The van der Waals surface area contributed by atoms with Gasteiger partial charge in [0.15, 0.2) is 0 Å². The predicted octanol–water partition coefficient (Wildman–Crippen LogP) is 5.16. The van der Waals surface area contributed by atoms with Crippen molar-refractivity contribution in [1.29, 1.82) is 0 Å². The molecule has 2 rings (SSSR count). The van der Waals surface area contributed by atoms with Crippen LogP contribution in [0.5, 0.6) is 0 Å². The van der Waals surface area contributed by atoms with Crippen molar-refractivity contribution in [1.82, 2.24) is 0 Å². The maximum Gasteiger partial charge on any atom is 0.265 e. The van der Waals surface area contributed by atoms with Crippen molar-refractivity contribution in [2.75, 3.05) is 11.1 Å². The summed E-state index contributed by atoms with van der Waals surface area (Å²) in [6, 6.07) is 7.07. The number of nitrogens with one attached hydrogen (secondary N) is 1. The molecule has 0 radical (unpaired) electrons. The number of anilines is 3. The quantitative estimate of drug-likeness (QED) is 0.754. The van der Waals surface area contributed by atoms with Gasteiger partial charge in [-0.15, -0.1) is 0 Å². The lowest BCUT2D eigenvalue weighted by Crippen LogP contribution is -2.00. The summed E-state index contributed by atoms with van der Waals surface area (Å²) >= 11 is 3.07. The molecule has 0 amide bonds. The third-order valence-electron chi connectivity index (χ3n) is 2.85. The highest BCUT2D eigenvalue weighted by atomic mass is 79.9. The molecule has 0 aliphatic rings. The monoisotopic (exact) mass is 344 g/mol. The average molecular weight is 345 g/mol. The second-order valence-electron chi connectivity index (χ2n) is 4.35. The number of rotatable bonds is 3. The standard InChI is InChI=1S/C14H12BrF3N2/c1-7-4-11(16)10(15)6-13(7)20-12-3-2-8(19)5-9(12)14(17)18/h2-6,14,20H,19H2,1H3. The van der Waals surface area contributed by atoms with Gasteiger partial charge in [0.1, 0.15) is 5.82 Å². The Morgan fingerprint density at radius 3 is 2.50 bits per heavy atom. The maximum absolute atomic E-state index is 13.3. The summed E-state index contributed by atoms with van der Waals surface area (Å²) in [4.78, 5) is 0. The van der Waals surface area contributed by atoms with Gasteiger partial charge in [0.25, 0.3) is 6.43 Å². The number of benzene rings is 2. The smallest absolute Gasteiger partial charge is 0.265 e. The van der Waals surface area contributed by atoms with Gasteiger partial charge >= 0.3 is 0 Å². The van der Waals surface area contributed by atoms with Crippen molar-refractivity contribution in [3.8, 4) is 0 Å². The largest absolute Gasteiger partial charge is 0.399 e. The van der Waals surface area contributed by atoms with E-state index in [1.165, 1.54) is 30.3 Å². The molecule has 2 aromatic carbocycles. The van der Waals surface area contributed by atoms with Gasteiger partial charge in [0.2, 0.25) is 0 Å². The zero-order valence-electron chi connectivity index (χ0n) is 10.6. The lowest BCUT2D eigenvalue weighted by atomic mass is 10.1. The first-order valence-electron chi connectivity index (χ1n) is 5.78. The van der Waals surface area contributed by atoms with Gasteiger partial charge in [0, 0.05) is 22.6 Å². The van der Waals surface area contributed by atoms with Gasteiger partial charge < -0.3 is 11.1 Å². The average Bonchev–Trinajstić information content (AvgIpc) is 2.37. The lowest BCUT2D eigenvalue weighted by molar-refractivity contribution is 0.152. The number of halogens is 4. The number of hydrogen-bond acceptors (Lipinski definition) is 2. The Morgan fingerprint density at radius 1 is 1.15 bits per heavy atom. The molecule has 3 N–H and O–H groups in total. The molecule has 0 bridgehead atoms. The molecule has 0 fully saturated rings. The Morgan fingerprint density at radius 2 is 1.85 bits per heavy atom. The van der Waals surface area contributed by atoms with Crippen LogP contribution < -0.4 is 11.1 Å². The highest BCUT2D eigenvalue weighted by molar-refractivity contribution is 9.10. The normalized spacial score (nSPS) is 10.9. The molecule has 2 nitrogen and oxygen atoms in total. The molecular weight excluding hydrogens is 333 g/mol. The van der Waals surface area contributed by atoms with Gasteiger partial charge in [-0.2, -0.15) is 0 Å². The fourth-order valence-corrected chi connectivity index (χ4v) is 2.14. The van der Waals surface area contributed by atoms with Crippen LogP contribution in [-0.2, 0) is 0 Å². The molecule has 106 valence electrons. The van der Waals surface area contributed by atoms with Gasteiger partial charge in [-0.3, -0.25) is 0 Å². The van der Waals surface area contributed by atoms with Crippen molar-refractivity contribution in [2.45, 2.75) is 13.3 Å². The van der Waals surface area contributed by atoms with E-state index in [2.05, 4.69) is 21.2 Å². The number of aryl methyl sites for hydroxylation is 1. The van der Waals surface area contributed by atoms with E-state index in [0.717, 1.165) is 0 Å². The molecule has 0 unspecified atom stereocenters. The summed E-state index contributed by atoms with van der Waals surface area (Å²) in [5, 5.41) is 2.89. The molecular formula is C14H12BrF3N2. The minimum Gasteiger partial charge on any atom is -0.399 e. The predicted molar refractivity (Wildman–Crippen MR) is 77.9 cm³/mol. The Bertz CT molecular complexity index is 645. The minimum absolute atomic E-state index is 0.190. The summed E-state index contributed by atoms with van der Waals surface area (Å²) in [5.41, 5.74) is 7.00. The van der Waals surface area contributed by atoms with Crippen LogP contribution in [0.2, 0.25) is 0 Å². The van der Waals surface area contributed by atoms with E-state index >= 15 is 0 Å². The summed E-state index contributed by atoms with van der Waals surface area (Å²) < 4.78 is 39.6.